The summed E-state index contributed by atoms with van der Waals surface area (Å²) in [6.07, 6.45) is 0. The highest BCUT2D eigenvalue weighted by molar-refractivity contribution is 7.05. The highest BCUT2D eigenvalue weighted by Crippen LogP contribution is 2.19. The predicted molar refractivity (Wildman–Crippen MR) is 46.5 cm³/mol. The van der Waals surface area contributed by atoms with Crippen LogP contribution in [0.1, 0.15) is 31.6 Å². The quantitative estimate of drug-likeness (QED) is 0.692. The van der Waals surface area contributed by atoms with Crippen molar-refractivity contribution in [3.63, 3.8) is 0 Å². The molecule has 1 heterocycles. The van der Waals surface area contributed by atoms with Gasteiger partial charge in [0.05, 0.1) is 0 Å². The average Bonchev–Trinajstić information content (AvgIpc) is 2.32. The first-order chi connectivity index (χ1) is 5.04. The Balaban J connectivity index is 2.89. The third-order valence-corrected chi connectivity index (χ3v) is 2.05. The molecule has 62 valence electrons. The number of nitrogens with two attached hydrogens (primary N) is 1. The van der Waals surface area contributed by atoms with E-state index >= 15 is 0 Å². The molecule has 0 bridgehead atoms. The van der Waals surface area contributed by atoms with Gasteiger partial charge in [-0.05, 0) is 11.5 Å². The zero-order valence-electron chi connectivity index (χ0n) is 7.09. The van der Waals surface area contributed by atoms with E-state index in [1.54, 1.807) is 0 Å². The molecule has 0 saturated carbocycles. The molecule has 1 aromatic rings. The second-order valence-electron chi connectivity index (χ2n) is 3.47. The molecule has 1 aromatic heterocycles. The highest BCUT2D eigenvalue weighted by atomic mass is 32.1. The smallest absolute Gasteiger partial charge is 0.147 e. The van der Waals surface area contributed by atoms with E-state index in [2.05, 4.69) is 30.1 Å². The van der Waals surface area contributed by atoms with Crippen molar-refractivity contribution in [3.8, 4) is 0 Å². The molecule has 2 N–H and O–H groups in total. The molecule has 0 fully saturated rings. The summed E-state index contributed by atoms with van der Waals surface area (Å²) in [4.78, 5) is 4.28. The molecular formula is C7H13N3S. The van der Waals surface area contributed by atoms with Gasteiger partial charge in [0.1, 0.15) is 10.8 Å². The third kappa shape index (κ3) is 1.97. The van der Waals surface area contributed by atoms with Gasteiger partial charge in [0, 0.05) is 12.0 Å². The van der Waals surface area contributed by atoms with Crippen molar-refractivity contribution in [2.45, 2.75) is 32.7 Å². The lowest BCUT2D eigenvalue weighted by molar-refractivity contribution is 0.553. The molecule has 0 aliphatic carbocycles. The molecule has 0 aliphatic rings. The zero-order valence-corrected chi connectivity index (χ0v) is 7.90. The highest BCUT2D eigenvalue weighted by Gasteiger charge is 2.18. The van der Waals surface area contributed by atoms with E-state index in [4.69, 9.17) is 5.73 Å². The summed E-state index contributed by atoms with van der Waals surface area (Å²) in [5.74, 6) is 0.892. The van der Waals surface area contributed by atoms with Gasteiger partial charge in [-0.1, -0.05) is 20.8 Å². The van der Waals surface area contributed by atoms with Crippen LogP contribution >= 0.6 is 11.5 Å². The van der Waals surface area contributed by atoms with E-state index in [1.165, 1.54) is 11.5 Å². The van der Waals surface area contributed by atoms with Crippen LogP contribution < -0.4 is 5.73 Å². The summed E-state index contributed by atoms with van der Waals surface area (Å²) in [6.45, 7) is 6.77. The minimum atomic E-state index is 0.0456. The fraction of sp³-hybridized carbons (Fsp3) is 0.714. The molecule has 0 aliphatic heterocycles. The van der Waals surface area contributed by atoms with Gasteiger partial charge in [0.2, 0.25) is 0 Å². The van der Waals surface area contributed by atoms with E-state index in [0.29, 0.717) is 6.54 Å². The molecule has 0 radical (unpaired) electrons. The van der Waals surface area contributed by atoms with Gasteiger partial charge in [-0.3, -0.25) is 0 Å². The van der Waals surface area contributed by atoms with Crippen molar-refractivity contribution < 1.29 is 0 Å². The number of rotatable bonds is 1. The summed E-state index contributed by atoms with van der Waals surface area (Å²) >= 11 is 1.39. The SMILES string of the molecule is CC(C)(C)c1nsc(CN)n1. The predicted octanol–water partition coefficient (Wildman–Crippen LogP) is 1.29. The molecule has 0 amide bonds. The zero-order chi connectivity index (χ0) is 8.48. The van der Waals surface area contributed by atoms with E-state index in [1.807, 2.05) is 0 Å². The van der Waals surface area contributed by atoms with E-state index < -0.39 is 0 Å². The van der Waals surface area contributed by atoms with Gasteiger partial charge in [-0.15, -0.1) is 0 Å². The van der Waals surface area contributed by atoms with Crippen molar-refractivity contribution in [1.29, 1.82) is 0 Å². The summed E-state index contributed by atoms with van der Waals surface area (Å²) in [7, 11) is 0. The molecule has 0 aromatic carbocycles. The first-order valence-electron chi connectivity index (χ1n) is 3.57. The van der Waals surface area contributed by atoms with E-state index in [0.717, 1.165) is 10.8 Å². The normalized spacial score (nSPS) is 12.0. The van der Waals surface area contributed by atoms with Crippen molar-refractivity contribution in [2.24, 2.45) is 5.73 Å². The van der Waals surface area contributed by atoms with E-state index in [-0.39, 0.29) is 5.41 Å². The summed E-state index contributed by atoms with van der Waals surface area (Å²) < 4.78 is 4.21. The lowest BCUT2D eigenvalue weighted by Crippen LogP contribution is -2.13. The molecule has 0 unspecified atom stereocenters. The molecular weight excluding hydrogens is 158 g/mol. The van der Waals surface area contributed by atoms with Crippen molar-refractivity contribution in [3.05, 3.63) is 10.8 Å². The Morgan fingerprint density at radius 1 is 1.45 bits per heavy atom. The Morgan fingerprint density at radius 2 is 2.09 bits per heavy atom. The summed E-state index contributed by atoms with van der Waals surface area (Å²) in [5.41, 5.74) is 5.46. The summed E-state index contributed by atoms with van der Waals surface area (Å²) in [5, 5.41) is 0.912. The Bertz CT molecular complexity index is 236. The second kappa shape index (κ2) is 2.87. The van der Waals surface area contributed by atoms with Gasteiger partial charge >= 0.3 is 0 Å². The standard InChI is InChI=1S/C7H13N3S/c1-7(2,3)6-9-5(4-8)11-10-6/h4,8H2,1-3H3. The van der Waals surface area contributed by atoms with Crippen LogP contribution in [-0.2, 0) is 12.0 Å². The second-order valence-corrected chi connectivity index (χ2v) is 4.30. The Kier molecular flexibility index (Phi) is 2.25. The van der Waals surface area contributed by atoms with Gasteiger partial charge in [-0.2, -0.15) is 4.37 Å². The maximum absolute atomic E-state index is 5.41. The Labute approximate surface area is 70.8 Å². The van der Waals surface area contributed by atoms with Crippen molar-refractivity contribution >= 4 is 11.5 Å². The van der Waals surface area contributed by atoms with Crippen molar-refractivity contribution in [2.75, 3.05) is 0 Å². The van der Waals surface area contributed by atoms with Gasteiger partial charge in [0.15, 0.2) is 0 Å². The minimum absolute atomic E-state index is 0.0456. The van der Waals surface area contributed by atoms with Crippen LogP contribution in [0.2, 0.25) is 0 Å². The van der Waals surface area contributed by atoms with Gasteiger partial charge < -0.3 is 5.73 Å². The maximum Gasteiger partial charge on any atom is 0.147 e. The summed E-state index contributed by atoms with van der Waals surface area (Å²) in [6, 6.07) is 0. The number of hydrogen-bond acceptors (Lipinski definition) is 4. The number of nitrogens with zero attached hydrogens (tertiary/aromatic N) is 2. The Morgan fingerprint density at radius 3 is 2.36 bits per heavy atom. The monoisotopic (exact) mass is 171 g/mol. The fourth-order valence-corrected chi connectivity index (χ4v) is 1.35. The van der Waals surface area contributed by atoms with Crippen LogP contribution in [0.25, 0.3) is 0 Å². The third-order valence-electron chi connectivity index (χ3n) is 1.31. The van der Waals surface area contributed by atoms with E-state index in [9.17, 15) is 0 Å². The van der Waals surface area contributed by atoms with Crippen LogP contribution in [0.3, 0.4) is 0 Å². The molecule has 0 atom stereocenters. The topological polar surface area (TPSA) is 51.8 Å². The fourth-order valence-electron chi connectivity index (χ4n) is 0.642. The first kappa shape index (κ1) is 8.62. The molecule has 4 heteroatoms. The number of hydrogen-bond donors (Lipinski definition) is 1. The molecule has 0 saturated heterocycles. The lowest BCUT2D eigenvalue weighted by atomic mass is 9.96. The number of aromatic nitrogens is 2. The van der Waals surface area contributed by atoms with Crippen molar-refractivity contribution in [1.82, 2.24) is 9.36 Å². The largest absolute Gasteiger partial charge is 0.324 e. The molecule has 11 heavy (non-hydrogen) atoms. The molecule has 3 nitrogen and oxygen atoms in total. The van der Waals surface area contributed by atoms with Crippen LogP contribution in [-0.4, -0.2) is 9.36 Å². The molecule has 1 rings (SSSR count). The lowest BCUT2D eigenvalue weighted by Gasteiger charge is -2.11. The van der Waals surface area contributed by atoms with Crippen LogP contribution in [0, 0.1) is 0 Å². The van der Waals surface area contributed by atoms with Gasteiger partial charge in [-0.25, -0.2) is 4.98 Å². The minimum Gasteiger partial charge on any atom is -0.324 e. The van der Waals surface area contributed by atoms with Crippen LogP contribution in [0.5, 0.6) is 0 Å². The molecule has 0 spiro atoms. The van der Waals surface area contributed by atoms with Crippen LogP contribution in [0.4, 0.5) is 0 Å². The first-order valence-corrected chi connectivity index (χ1v) is 4.34. The Hall–Kier alpha value is -0.480. The van der Waals surface area contributed by atoms with Crippen LogP contribution in [0.15, 0.2) is 0 Å². The van der Waals surface area contributed by atoms with Gasteiger partial charge in [0.25, 0.3) is 0 Å². The average molecular weight is 171 g/mol. The maximum atomic E-state index is 5.41.